The first-order valence-electron chi connectivity index (χ1n) is 8.04. The Morgan fingerprint density at radius 1 is 1.16 bits per heavy atom. The molecule has 0 spiro atoms. The lowest BCUT2D eigenvalue weighted by Crippen LogP contribution is -2.34. The molecule has 134 valence electrons. The zero-order valence-corrected chi connectivity index (χ0v) is 14.7. The Hall–Kier alpha value is -2.83. The summed E-state index contributed by atoms with van der Waals surface area (Å²) in [7, 11) is 3.81. The Bertz CT molecular complexity index is 722. The van der Waals surface area contributed by atoms with Gasteiger partial charge in [-0.25, -0.2) is 14.2 Å². The number of halogens is 1. The minimum atomic E-state index is -0.436. The van der Waals surface area contributed by atoms with Crippen LogP contribution in [0.5, 0.6) is 5.75 Å². The lowest BCUT2D eigenvalue weighted by Gasteiger charge is -2.13. The first kappa shape index (κ1) is 18.5. The van der Waals surface area contributed by atoms with Gasteiger partial charge < -0.3 is 20.3 Å². The summed E-state index contributed by atoms with van der Waals surface area (Å²) >= 11 is 0. The highest BCUT2D eigenvalue weighted by Crippen LogP contribution is 2.18. The summed E-state index contributed by atoms with van der Waals surface area (Å²) in [6, 6.07) is 8.07. The fourth-order valence-electron chi connectivity index (χ4n) is 2.17. The van der Waals surface area contributed by atoms with Crippen LogP contribution in [0.2, 0.25) is 0 Å². The molecule has 1 heterocycles. The normalized spacial score (nSPS) is 10.2. The third kappa shape index (κ3) is 5.63. The molecule has 7 heteroatoms. The highest BCUT2D eigenvalue weighted by Gasteiger charge is 2.06. The number of amides is 2. The molecule has 0 bridgehead atoms. The number of nitrogens with zero attached hydrogens (tertiary/aromatic N) is 2. The minimum Gasteiger partial charge on any atom is -0.491 e. The van der Waals surface area contributed by atoms with Crippen LogP contribution in [-0.4, -0.2) is 31.7 Å². The number of carbonyl (C=O) groups excluding carboxylic acids is 1. The van der Waals surface area contributed by atoms with Crippen LogP contribution >= 0.6 is 0 Å². The zero-order chi connectivity index (χ0) is 18.2. The first-order chi connectivity index (χ1) is 12.0. The number of benzene rings is 1. The van der Waals surface area contributed by atoms with E-state index in [1.54, 1.807) is 25.3 Å². The standard InChI is InChI=1S/C18H23FN4O2/c1-4-25-16-6-5-13(9-15(16)19)11-21-18(24)22-12-14-7-8-20-17(10-14)23(2)3/h5-10H,4,11-12H2,1-3H3,(H2,21,22,24). The summed E-state index contributed by atoms with van der Waals surface area (Å²) in [4.78, 5) is 18.0. The maximum Gasteiger partial charge on any atom is 0.315 e. The van der Waals surface area contributed by atoms with Gasteiger partial charge in [0.15, 0.2) is 11.6 Å². The summed E-state index contributed by atoms with van der Waals surface area (Å²) in [6.45, 7) is 2.81. The highest BCUT2D eigenvalue weighted by molar-refractivity contribution is 5.73. The van der Waals surface area contributed by atoms with Gasteiger partial charge in [0, 0.05) is 33.4 Å². The molecule has 0 radical (unpaired) electrons. The molecule has 1 aromatic carbocycles. The van der Waals surface area contributed by atoms with E-state index < -0.39 is 5.82 Å². The Morgan fingerprint density at radius 3 is 2.44 bits per heavy atom. The van der Waals surface area contributed by atoms with Crippen LogP contribution in [0.25, 0.3) is 0 Å². The number of hydrogen-bond donors (Lipinski definition) is 2. The molecular formula is C18H23FN4O2. The first-order valence-corrected chi connectivity index (χ1v) is 8.04. The molecule has 2 aromatic rings. The summed E-state index contributed by atoms with van der Waals surface area (Å²) < 4.78 is 18.9. The van der Waals surface area contributed by atoms with Crippen molar-refractivity contribution in [1.82, 2.24) is 15.6 Å². The molecule has 2 N–H and O–H groups in total. The van der Waals surface area contributed by atoms with Gasteiger partial charge in [0.1, 0.15) is 5.82 Å². The van der Waals surface area contributed by atoms with E-state index in [2.05, 4.69) is 15.6 Å². The van der Waals surface area contributed by atoms with Crippen molar-refractivity contribution < 1.29 is 13.9 Å². The molecule has 6 nitrogen and oxygen atoms in total. The van der Waals surface area contributed by atoms with Gasteiger partial charge in [-0.15, -0.1) is 0 Å². The molecule has 0 aliphatic carbocycles. The Balaban J connectivity index is 1.83. The predicted octanol–water partition coefficient (Wildman–Crippen LogP) is 2.68. The van der Waals surface area contributed by atoms with Crippen molar-refractivity contribution >= 4 is 11.8 Å². The highest BCUT2D eigenvalue weighted by atomic mass is 19.1. The predicted molar refractivity (Wildman–Crippen MR) is 95.2 cm³/mol. The van der Waals surface area contributed by atoms with Crippen LogP contribution in [0.1, 0.15) is 18.1 Å². The Labute approximate surface area is 147 Å². The van der Waals surface area contributed by atoms with Crippen LogP contribution in [0, 0.1) is 5.82 Å². The molecule has 0 unspecified atom stereocenters. The number of aromatic nitrogens is 1. The van der Waals surface area contributed by atoms with Crippen molar-refractivity contribution in [3.63, 3.8) is 0 Å². The summed E-state index contributed by atoms with van der Waals surface area (Å²) in [6.07, 6.45) is 1.70. The van der Waals surface area contributed by atoms with Gasteiger partial charge in [-0.2, -0.15) is 0 Å². The Morgan fingerprint density at radius 2 is 1.84 bits per heavy atom. The quantitative estimate of drug-likeness (QED) is 0.809. The van der Waals surface area contributed by atoms with Crippen molar-refractivity contribution in [2.75, 3.05) is 25.6 Å². The third-order valence-electron chi connectivity index (χ3n) is 3.47. The van der Waals surface area contributed by atoms with Crippen molar-refractivity contribution in [2.45, 2.75) is 20.0 Å². The van der Waals surface area contributed by atoms with E-state index in [1.165, 1.54) is 6.07 Å². The molecule has 0 aliphatic heterocycles. The van der Waals surface area contributed by atoms with Crippen LogP contribution < -0.4 is 20.3 Å². The van der Waals surface area contributed by atoms with Crippen molar-refractivity contribution in [3.05, 3.63) is 53.5 Å². The second-order valence-corrected chi connectivity index (χ2v) is 5.65. The zero-order valence-electron chi connectivity index (χ0n) is 14.7. The number of hydrogen-bond acceptors (Lipinski definition) is 4. The molecule has 0 atom stereocenters. The minimum absolute atomic E-state index is 0.213. The fraction of sp³-hybridized carbons (Fsp3) is 0.333. The topological polar surface area (TPSA) is 66.5 Å². The van der Waals surface area contributed by atoms with E-state index in [9.17, 15) is 9.18 Å². The van der Waals surface area contributed by atoms with E-state index >= 15 is 0 Å². The molecule has 0 aliphatic rings. The van der Waals surface area contributed by atoms with Crippen LogP contribution in [-0.2, 0) is 13.1 Å². The molecular weight excluding hydrogens is 323 g/mol. The summed E-state index contributed by atoms with van der Waals surface area (Å²) in [5.74, 6) is 0.601. The van der Waals surface area contributed by atoms with E-state index in [0.29, 0.717) is 18.7 Å². The second-order valence-electron chi connectivity index (χ2n) is 5.65. The summed E-state index contributed by atoms with van der Waals surface area (Å²) in [5, 5.41) is 5.47. The molecule has 2 rings (SSSR count). The van der Waals surface area contributed by atoms with E-state index in [1.807, 2.05) is 31.1 Å². The second kappa shape index (κ2) is 8.86. The van der Waals surface area contributed by atoms with Crippen molar-refractivity contribution in [1.29, 1.82) is 0 Å². The van der Waals surface area contributed by atoms with E-state index in [0.717, 1.165) is 11.4 Å². The average molecular weight is 346 g/mol. The van der Waals surface area contributed by atoms with Gasteiger partial charge in [0.25, 0.3) is 0 Å². The lowest BCUT2D eigenvalue weighted by atomic mass is 10.2. The molecule has 1 aromatic heterocycles. The molecule has 0 fully saturated rings. The maximum absolute atomic E-state index is 13.8. The largest absolute Gasteiger partial charge is 0.491 e. The van der Waals surface area contributed by atoms with Gasteiger partial charge in [-0.3, -0.25) is 0 Å². The molecule has 0 saturated carbocycles. The van der Waals surface area contributed by atoms with E-state index in [4.69, 9.17) is 4.74 Å². The van der Waals surface area contributed by atoms with Gasteiger partial charge in [-0.1, -0.05) is 6.07 Å². The van der Waals surface area contributed by atoms with Crippen molar-refractivity contribution in [3.8, 4) is 5.75 Å². The van der Waals surface area contributed by atoms with Gasteiger partial charge >= 0.3 is 6.03 Å². The number of urea groups is 1. The van der Waals surface area contributed by atoms with E-state index in [-0.39, 0.29) is 18.3 Å². The van der Waals surface area contributed by atoms with Gasteiger partial charge in [0.2, 0.25) is 0 Å². The smallest absolute Gasteiger partial charge is 0.315 e. The van der Waals surface area contributed by atoms with Crippen LogP contribution in [0.3, 0.4) is 0 Å². The number of ether oxygens (including phenoxy) is 1. The number of carbonyl (C=O) groups is 1. The molecule has 0 saturated heterocycles. The lowest BCUT2D eigenvalue weighted by molar-refractivity contribution is 0.240. The maximum atomic E-state index is 13.8. The number of anilines is 1. The summed E-state index contributed by atoms with van der Waals surface area (Å²) in [5.41, 5.74) is 1.61. The third-order valence-corrected chi connectivity index (χ3v) is 3.47. The Kier molecular flexibility index (Phi) is 6.56. The van der Waals surface area contributed by atoms with Crippen molar-refractivity contribution in [2.24, 2.45) is 0 Å². The SMILES string of the molecule is CCOc1ccc(CNC(=O)NCc2ccnc(N(C)C)c2)cc1F. The monoisotopic (exact) mass is 346 g/mol. The van der Waals surface area contributed by atoms with Crippen LogP contribution in [0.15, 0.2) is 36.5 Å². The number of rotatable bonds is 7. The number of nitrogens with one attached hydrogen (secondary N) is 2. The molecule has 25 heavy (non-hydrogen) atoms. The average Bonchev–Trinajstić information content (AvgIpc) is 2.60. The van der Waals surface area contributed by atoms with Crippen LogP contribution in [0.4, 0.5) is 15.0 Å². The van der Waals surface area contributed by atoms with Gasteiger partial charge in [0.05, 0.1) is 6.61 Å². The fourth-order valence-corrected chi connectivity index (χ4v) is 2.17. The molecule has 2 amide bonds. The number of pyridine rings is 1. The van der Waals surface area contributed by atoms with Gasteiger partial charge in [-0.05, 0) is 42.3 Å².